The number of fused-ring (bicyclic) bond motifs is 1. The zero-order chi connectivity index (χ0) is 12.5. The summed E-state index contributed by atoms with van der Waals surface area (Å²) in [4.78, 5) is 10.8. The van der Waals surface area contributed by atoms with Gasteiger partial charge in [-0.2, -0.15) is 4.57 Å². The van der Waals surface area contributed by atoms with E-state index in [1.165, 1.54) is 11.3 Å². The molecule has 4 nitrogen and oxygen atoms in total. The third-order valence-electron chi connectivity index (χ3n) is 2.69. The quantitative estimate of drug-likeness (QED) is 0.402. The zero-order valence-electron chi connectivity index (χ0n) is 9.32. The molecule has 0 aliphatic carbocycles. The van der Waals surface area contributed by atoms with Crippen LogP contribution >= 0.6 is 11.3 Å². The van der Waals surface area contributed by atoms with Gasteiger partial charge in [0.05, 0.1) is 10.3 Å². The van der Waals surface area contributed by atoms with Crippen LogP contribution in [0.5, 0.6) is 0 Å². The Balaban J connectivity index is 2.38. The Morgan fingerprint density at radius 3 is 2.50 bits per heavy atom. The van der Waals surface area contributed by atoms with Crippen LogP contribution in [0.3, 0.4) is 0 Å². The summed E-state index contributed by atoms with van der Waals surface area (Å²) in [5.74, 6) is 0. The minimum Gasteiger partial charge on any atom is -0.257 e. The van der Waals surface area contributed by atoms with E-state index >= 15 is 0 Å². The summed E-state index contributed by atoms with van der Waals surface area (Å²) in [6, 6.07) is 13.2. The molecule has 0 aliphatic heterocycles. The number of hydrogen-bond donors (Lipinski definition) is 0. The van der Waals surface area contributed by atoms with E-state index in [2.05, 4.69) is 0 Å². The fourth-order valence-corrected chi connectivity index (χ4v) is 2.96. The third kappa shape index (κ3) is 1.65. The molecule has 2 aromatic heterocycles. The Bertz CT molecular complexity index is 722. The van der Waals surface area contributed by atoms with E-state index < -0.39 is 0 Å². The van der Waals surface area contributed by atoms with Crippen molar-refractivity contribution in [2.45, 2.75) is 0 Å². The van der Waals surface area contributed by atoms with E-state index in [-0.39, 0.29) is 9.92 Å². The number of pyridine rings is 1. The lowest BCUT2D eigenvalue weighted by atomic mass is 10.2. The van der Waals surface area contributed by atoms with Crippen LogP contribution in [0.2, 0.25) is 0 Å². The molecule has 5 heteroatoms. The number of hydrogen-bond acceptors (Lipinski definition) is 3. The molecule has 3 rings (SSSR count). The molecular weight excluding hydrogens is 248 g/mol. The highest BCUT2D eigenvalue weighted by Gasteiger charge is 2.28. The molecule has 0 spiro atoms. The van der Waals surface area contributed by atoms with Crippen molar-refractivity contribution in [1.29, 1.82) is 0 Å². The molecule has 0 N–H and O–H groups in total. The number of nitrogens with zero attached hydrogens (tertiary/aromatic N) is 2. The van der Waals surface area contributed by atoms with E-state index in [1.54, 1.807) is 4.57 Å². The van der Waals surface area contributed by atoms with E-state index in [0.717, 1.165) is 10.1 Å². The third-order valence-corrected chi connectivity index (χ3v) is 3.80. The smallest absolute Gasteiger partial charge is 0.257 e. The second kappa shape index (κ2) is 4.19. The van der Waals surface area contributed by atoms with Crippen molar-refractivity contribution in [3.63, 3.8) is 0 Å². The number of nitro groups is 1. The van der Waals surface area contributed by atoms with Gasteiger partial charge in [0, 0.05) is 16.8 Å². The highest BCUT2D eigenvalue weighted by Crippen LogP contribution is 2.36. The van der Waals surface area contributed by atoms with Crippen LogP contribution in [0, 0.1) is 10.1 Å². The van der Waals surface area contributed by atoms with Gasteiger partial charge in [-0.05, 0) is 12.1 Å². The molecule has 3 aromatic rings. The maximum absolute atomic E-state index is 11.2. The Labute approximate surface area is 107 Å². The van der Waals surface area contributed by atoms with Crippen molar-refractivity contribution in [2.75, 3.05) is 0 Å². The molecule has 0 amide bonds. The Morgan fingerprint density at radius 1 is 1.06 bits per heavy atom. The highest BCUT2D eigenvalue weighted by molar-refractivity contribution is 7.22. The predicted molar refractivity (Wildman–Crippen MR) is 70.0 cm³/mol. The monoisotopic (exact) mass is 257 g/mol. The molecule has 0 radical (unpaired) electrons. The van der Waals surface area contributed by atoms with Gasteiger partial charge in [0.15, 0.2) is 12.4 Å². The first-order chi connectivity index (χ1) is 8.77. The van der Waals surface area contributed by atoms with E-state index in [0.29, 0.717) is 5.69 Å². The van der Waals surface area contributed by atoms with E-state index in [9.17, 15) is 10.1 Å². The lowest BCUT2D eigenvalue weighted by Crippen LogP contribution is -2.29. The largest absolute Gasteiger partial charge is 0.396 e. The molecule has 0 fully saturated rings. The molecule has 0 atom stereocenters. The summed E-state index contributed by atoms with van der Waals surface area (Å²) >= 11 is 1.21. The first-order valence-electron chi connectivity index (χ1n) is 5.40. The molecule has 1 aromatic carbocycles. The predicted octanol–water partition coefficient (Wildman–Crippen LogP) is 3.09. The van der Waals surface area contributed by atoms with Gasteiger partial charge in [0.1, 0.15) is 0 Å². The number of thiophene rings is 1. The minimum atomic E-state index is -0.319. The Hall–Kier alpha value is -2.27. The molecule has 0 saturated heterocycles. The van der Waals surface area contributed by atoms with Crippen LogP contribution in [0.4, 0.5) is 5.00 Å². The summed E-state index contributed by atoms with van der Waals surface area (Å²) in [6.45, 7) is 0. The van der Waals surface area contributed by atoms with E-state index in [4.69, 9.17) is 0 Å². The average Bonchev–Trinajstić information content (AvgIpc) is 2.79. The van der Waals surface area contributed by atoms with Crippen LogP contribution in [0.25, 0.3) is 15.8 Å². The summed E-state index contributed by atoms with van der Waals surface area (Å²) in [6.07, 6.45) is 3.64. The van der Waals surface area contributed by atoms with Crippen molar-refractivity contribution in [3.05, 3.63) is 65.0 Å². The lowest BCUT2D eigenvalue weighted by Gasteiger charge is -1.93. The van der Waals surface area contributed by atoms with Gasteiger partial charge < -0.3 is 0 Å². The van der Waals surface area contributed by atoms with Gasteiger partial charge in [-0.15, -0.1) is 0 Å². The number of aromatic nitrogens is 1. The zero-order valence-corrected chi connectivity index (χ0v) is 10.1. The normalized spacial score (nSPS) is 10.7. The molecule has 0 bridgehead atoms. The Morgan fingerprint density at radius 2 is 1.78 bits per heavy atom. The molecule has 18 heavy (non-hydrogen) atoms. The lowest BCUT2D eigenvalue weighted by molar-refractivity contribution is -0.598. The van der Waals surface area contributed by atoms with Crippen molar-refractivity contribution in [2.24, 2.45) is 0 Å². The standard InChI is InChI=1S/C13H9N2O2S/c16-15(17)13-12(14-8-4-1-5-9-14)10-6-2-3-7-11(10)18-13/h1-9H/q+1. The maximum Gasteiger partial charge on any atom is 0.396 e. The number of rotatable bonds is 2. The first-order valence-corrected chi connectivity index (χ1v) is 6.21. The van der Waals surface area contributed by atoms with Crippen LogP contribution in [0.15, 0.2) is 54.9 Å². The molecule has 0 aliphatic rings. The topological polar surface area (TPSA) is 47.0 Å². The van der Waals surface area contributed by atoms with Crippen LogP contribution < -0.4 is 4.57 Å². The summed E-state index contributed by atoms with van der Waals surface area (Å²) < 4.78 is 2.72. The molecule has 2 heterocycles. The van der Waals surface area contributed by atoms with Gasteiger partial charge in [-0.25, -0.2) is 0 Å². The van der Waals surface area contributed by atoms with Gasteiger partial charge >= 0.3 is 10.7 Å². The fraction of sp³-hybridized carbons (Fsp3) is 0. The van der Waals surface area contributed by atoms with Crippen molar-refractivity contribution in [1.82, 2.24) is 0 Å². The van der Waals surface area contributed by atoms with E-state index in [1.807, 2.05) is 54.9 Å². The molecule has 0 saturated carbocycles. The maximum atomic E-state index is 11.2. The minimum absolute atomic E-state index is 0.174. The van der Waals surface area contributed by atoms with Gasteiger partial charge in [-0.1, -0.05) is 29.5 Å². The van der Waals surface area contributed by atoms with Crippen molar-refractivity contribution < 1.29 is 9.49 Å². The van der Waals surface area contributed by atoms with Gasteiger partial charge in [0.25, 0.3) is 0 Å². The fourth-order valence-electron chi connectivity index (χ4n) is 1.94. The summed E-state index contributed by atoms with van der Waals surface area (Å²) in [5.41, 5.74) is 0.640. The average molecular weight is 257 g/mol. The molecular formula is C13H9N2O2S+. The second-order valence-corrected chi connectivity index (χ2v) is 4.82. The molecule has 0 unspecified atom stereocenters. The van der Waals surface area contributed by atoms with Gasteiger partial charge in [0.2, 0.25) is 0 Å². The number of benzene rings is 1. The SMILES string of the molecule is O=[N+]([O-])c1sc2ccccc2c1-[n+]1ccccc1. The molecule has 88 valence electrons. The highest BCUT2D eigenvalue weighted by atomic mass is 32.1. The van der Waals surface area contributed by atoms with Crippen LogP contribution in [0.1, 0.15) is 0 Å². The Kier molecular flexibility index (Phi) is 2.53. The first kappa shape index (κ1) is 10.9. The second-order valence-electron chi connectivity index (χ2n) is 3.79. The van der Waals surface area contributed by atoms with Crippen molar-refractivity contribution >= 4 is 26.4 Å². The van der Waals surface area contributed by atoms with Gasteiger partial charge in [-0.3, -0.25) is 10.1 Å². The summed E-state index contributed by atoms with van der Waals surface area (Å²) in [5, 5.41) is 12.2. The van der Waals surface area contributed by atoms with Crippen LogP contribution in [-0.2, 0) is 0 Å². The summed E-state index contributed by atoms with van der Waals surface area (Å²) in [7, 11) is 0. The van der Waals surface area contributed by atoms with Crippen LogP contribution in [-0.4, -0.2) is 4.92 Å². The van der Waals surface area contributed by atoms with Crippen molar-refractivity contribution in [3.8, 4) is 5.69 Å².